The second kappa shape index (κ2) is 10.5. The number of H-pyrrole nitrogens is 1. The molecule has 0 spiro atoms. The van der Waals surface area contributed by atoms with Gasteiger partial charge in [0, 0.05) is 46.8 Å². The first-order valence-electron chi connectivity index (χ1n) is 10.9. The van der Waals surface area contributed by atoms with Crippen LogP contribution in [0.15, 0.2) is 65.8 Å². The number of fused-ring (bicyclic) bond motifs is 1. The zero-order chi connectivity index (χ0) is 23.9. The maximum atomic E-state index is 12.6. The molecule has 0 saturated heterocycles. The first kappa shape index (κ1) is 22.8. The molecule has 4 rings (SSSR count). The molecule has 4 N–H and O–H groups in total. The van der Waals surface area contributed by atoms with E-state index in [0.717, 1.165) is 33.6 Å². The number of ether oxygens (including phenoxy) is 1. The summed E-state index contributed by atoms with van der Waals surface area (Å²) < 4.78 is 5.29. The van der Waals surface area contributed by atoms with E-state index in [4.69, 9.17) is 4.74 Å². The molecule has 174 valence electrons. The van der Waals surface area contributed by atoms with Crippen molar-refractivity contribution in [1.82, 2.24) is 20.3 Å². The van der Waals surface area contributed by atoms with Gasteiger partial charge < -0.3 is 15.0 Å². The Morgan fingerprint density at radius 3 is 2.53 bits per heavy atom. The number of hydrogen-bond acceptors (Lipinski definition) is 5. The number of nitrogens with one attached hydrogen (secondary N) is 4. The Morgan fingerprint density at radius 1 is 1.03 bits per heavy atom. The standard InChI is InChI=1S/C25H27N7O2/c1-16-13-17(2)29-24(28-16)31-23(32-25(33)30-19-7-5-4-6-8-19)26-12-11-18-15-27-22-14-20(34-3)9-10-21(18)22/h4-10,13-15,27H,11-12H2,1-3H3,(H3,26,28,29,30,31,32,33). The Morgan fingerprint density at radius 2 is 1.79 bits per heavy atom. The summed E-state index contributed by atoms with van der Waals surface area (Å²) in [6.07, 6.45) is 2.64. The van der Waals surface area contributed by atoms with Crippen molar-refractivity contribution in [1.29, 1.82) is 0 Å². The van der Waals surface area contributed by atoms with Gasteiger partial charge in [-0.05, 0) is 56.2 Å². The molecule has 0 saturated carbocycles. The first-order chi connectivity index (χ1) is 16.5. The Kier molecular flexibility index (Phi) is 7.02. The Bertz CT molecular complexity index is 1300. The third-order valence-electron chi connectivity index (χ3n) is 5.10. The number of methoxy groups -OCH3 is 1. The highest BCUT2D eigenvalue weighted by Crippen LogP contribution is 2.23. The highest BCUT2D eigenvalue weighted by Gasteiger charge is 2.10. The zero-order valence-corrected chi connectivity index (χ0v) is 19.3. The molecule has 0 radical (unpaired) electrons. The van der Waals surface area contributed by atoms with E-state index >= 15 is 0 Å². The van der Waals surface area contributed by atoms with Gasteiger partial charge in [-0.3, -0.25) is 15.6 Å². The van der Waals surface area contributed by atoms with Crippen LogP contribution in [-0.4, -0.2) is 40.6 Å². The van der Waals surface area contributed by atoms with Crippen LogP contribution >= 0.6 is 0 Å². The third-order valence-corrected chi connectivity index (χ3v) is 5.10. The highest BCUT2D eigenvalue weighted by molar-refractivity contribution is 6.07. The van der Waals surface area contributed by atoms with Crippen molar-refractivity contribution in [2.75, 3.05) is 24.3 Å². The minimum absolute atomic E-state index is 0.264. The molecule has 0 atom stereocenters. The number of benzene rings is 2. The van der Waals surface area contributed by atoms with Crippen molar-refractivity contribution >= 4 is 34.5 Å². The molecule has 0 aliphatic carbocycles. The summed E-state index contributed by atoms with van der Waals surface area (Å²) in [6, 6.07) is 16.6. The fourth-order valence-corrected chi connectivity index (χ4v) is 3.58. The maximum Gasteiger partial charge on any atom is 0.326 e. The molecule has 2 aromatic carbocycles. The van der Waals surface area contributed by atoms with Gasteiger partial charge in [0.1, 0.15) is 5.75 Å². The van der Waals surface area contributed by atoms with E-state index in [1.807, 2.05) is 74.6 Å². The quantitative estimate of drug-likeness (QED) is 0.253. The van der Waals surface area contributed by atoms with Crippen LogP contribution in [0.2, 0.25) is 0 Å². The Labute approximate surface area is 197 Å². The van der Waals surface area contributed by atoms with Gasteiger partial charge in [-0.15, -0.1) is 0 Å². The fourth-order valence-electron chi connectivity index (χ4n) is 3.58. The molecule has 0 aliphatic heterocycles. The highest BCUT2D eigenvalue weighted by atomic mass is 16.5. The van der Waals surface area contributed by atoms with Crippen molar-refractivity contribution in [2.24, 2.45) is 4.99 Å². The van der Waals surface area contributed by atoms with Gasteiger partial charge in [0.05, 0.1) is 7.11 Å². The van der Waals surface area contributed by atoms with Gasteiger partial charge in [0.15, 0.2) is 0 Å². The molecule has 0 bridgehead atoms. The van der Waals surface area contributed by atoms with E-state index in [2.05, 4.69) is 35.9 Å². The summed E-state index contributed by atoms with van der Waals surface area (Å²) in [4.78, 5) is 29.2. The predicted octanol–water partition coefficient (Wildman–Crippen LogP) is 4.42. The molecule has 4 aromatic rings. The summed E-state index contributed by atoms with van der Waals surface area (Å²) in [5.74, 6) is 1.43. The molecular formula is C25H27N7O2. The lowest BCUT2D eigenvalue weighted by atomic mass is 10.1. The average molecular weight is 458 g/mol. The summed E-state index contributed by atoms with van der Waals surface area (Å²) in [6.45, 7) is 4.22. The van der Waals surface area contributed by atoms with Gasteiger partial charge in [-0.2, -0.15) is 0 Å². The van der Waals surface area contributed by atoms with Crippen molar-refractivity contribution in [2.45, 2.75) is 20.3 Å². The smallest absolute Gasteiger partial charge is 0.326 e. The maximum absolute atomic E-state index is 12.6. The van der Waals surface area contributed by atoms with Gasteiger partial charge >= 0.3 is 6.03 Å². The molecule has 0 unspecified atom stereocenters. The number of hydrogen-bond donors (Lipinski definition) is 4. The van der Waals surface area contributed by atoms with Crippen LogP contribution in [0.4, 0.5) is 16.4 Å². The molecule has 2 heterocycles. The molecule has 2 aromatic heterocycles. The number of carbonyl (C=O) groups is 1. The molecule has 9 heteroatoms. The van der Waals surface area contributed by atoms with Crippen molar-refractivity contribution in [3.8, 4) is 5.75 Å². The van der Waals surface area contributed by atoms with Crippen LogP contribution in [0.1, 0.15) is 17.0 Å². The molecular weight excluding hydrogens is 430 g/mol. The second-order valence-corrected chi connectivity index (χ2v) is 7.75. The van der Waals surface area contributed by atoms with E-state index in [9.17, 15) is 4.79 Å². The molecule has 34 heavy (non-hydrogen) atoms. The van der Waals surface area contributed by atoms with Crippen LogP contribution in [0.25, 0.3) is 10.9 Å². The third kappa shape index (κ3) is 5.89. The summed E-state index contributed by atoms with van der Waals surface area (Å²) in [5, 5.41) is 9.71. The number of anilines is 2. The average Bonchev–Trinajstić information content (AvgIpc) is 3.21. The first-order valence-corrected chi connectivity index (χ1v) is 10.9. The monoisotopic (exact) mass is 457 g/mol. The van der Waals surface area contributed by atoms with E-state index in [1.54, 1.807) is 7.11 Å². The van der Waals surface area contributed by atoms with E-state index < -0.39 is 6.03 Å². The summed E-state index contributed by atoms with van der Waals surface area (Å²) in [7, 11) is 1.65. The number of rotatable bonds is 6. The van der Waals surface area contributed by atoms with Gasteiger partial charge in [-0.25, -0.2) is 14.8 Å². The van der Waals surface area contributed by atoms with Crippen LogP contribution in [-0.2, 0) is 6.42 Å². The SMILES string of the molecule is COc1ccc2c(CCN=C(NC(=O)Nc3ccccc3)Nc3nc(C)cc(C)n3)c[nH]c2c1. The molecule has 0 aliphatic rings. The van der Waals surface area contributed by atoms with Crippen LogP contribution in [0.3, 0.4) is 0 Å². The molecule has 9 nitrogen and oxygen atoms in total. The minimum Gasteiger partial charge on any atom is -0.497 e. The topological polar surface area (TPSA) is 116 Å². The minimum atomic E-state index is -0.416. The predicted molar refractivity (Wildman–Crippen MR) is 135 cm³/mol. The van der Waals surface area contributed by atoms with E-state index in [-0.39, 0.29) is 5.96 Å². The number of guanidine groups is 1. The van der Waals surface area contributed by atoms with Crippen LogP contribution < -0.4 is 20.7 Å². The zero-order valence-electron chi connectivity index (χ0n) is 19.3. The van der Waals surface area contributed by atoms with E-state index in [1.165, 1.54) is 0 Å². The summed E-state index contributed by atoms with van der Waals surface area (Å²) >= 11 is 0. The lowest BCUT2D eigenvalue weighted by Crippen LogP contribution is -2.39. The number of aromatic amines is 1. The number of aromatic nitrogens is 3. The van der Waals surface area contributed by atoms with Crippen LogP contribution in [0.5, 0.6) is 5.75 Å². The number of aryl methyl sites for hydroxylation is 2. The second-order valence-electron chi connectivity index (χ2n) is 7.75. The fraction of sp³-hybridized carbons (Fsp3) is 0.200. The van der Waals surface area contributed by atoms with Crippen molar-refractivity contribution in [3.63, 3.8) is 0 Å². The lowest BCUT2D eigenvalue weighted by molar-refractivity contribution is 0.256. The molecule has 0 fully saturated rings. The Hall–Kier alpha value is -4.40. The normalized spacial score (nSPS) is 11.3. The van der Waals surface area contributed by atoms with Gasteiger partial charge in [-0.1, -0.05) is 18.2 Å². The van der Waals surface area contributed by atoms with Crippen molar-refractivity contribution < 1.29 is 9.53 Å². The number of urea groups is 1. The number of nitrogens with zero attached hydrogens (tertiary/aromatic N) is 3. The molecule has 2 amide bonds. The Balaban J connectivity index is 1.49. The number of amides is 2. The van der Waals surface area contributed by atoms with Crippen molar-refractivity contribution in [3.05, 3.63) is 77.7 Å². The largest absolute Gasteiger partial charge is 0.497 e. The van der Waals surface area contributed by atoms with Gasteiger partial charge in [0.2, 0.25) is 11.9 Å². The number of aliphatic imine (C=N–C) groups is 1. The van der Waals surface area contributed by atoms with E-state index in [0.29, 0.717) is 24.6 Å². The summed E-state index contributed by atoms with van der Waals surface area (Å²) in [5.41, 5.74) is 4.43. The number of carbonyl (C=O) groups excluding carboxylic acids is 1. The van der Waals surface area contributed by atoms with Gasteiger partial charge in [0.25, 0.3) is 0 Å². The lowest BCUT2D eigenvalue weighted by Gasteiger charge is -2.12. The van der Waals surface area contributed by atoms with Crippen LogP contribution in [0, 0.1) is 13.8 Å². The number of para-hydroxylation sites is 1.